The molecule has 1 atom stereocenters. The average Bonchev–Trinajstić information content (AvgIpc) is 3.16. The Balaban J connectivity index is 1.56. The van der Waals surface area contributed by atoms with Crippen molar-refractivity contribution in [2.75, 3.05) is 48.5 Å². The molecule has 2 aromatic carbocycles. The molecule has 29 heavy (non-hydrogen) atoms. The Hall–Kier alpha value is -3.06. The van der Waals surface area contributed by atoms with E-state index in [1.165, 1.54) is 0 Å². The first-order valence-electron chi connectivity index (χ1n) is 9.86. The van der Waals surface area contributed by atoms with Crippen LogP contribution in [0, 0.1) is 0 Å². The summed E-state index contributed by atoms with van der Waals surface area (Å²) in [6.45, 7) is 2.98. The molecule has 152 valence electrons. The van der Waals surface area contributed by atoms with E-state index in [0.29, 0.717) is 37.5 Å². The summed E-state index contributed by atoms with van der Waals surface area (Å²) in [7, 11) is 1.58. The lowest BCUT2D eigenvalue weighted by molar-refractivity contribution is -0.120. The van der Waals surface area contributed by atoms with Crippen LogP contribution in [0.1, 0.15) is 12.8 Å². The molecule has 2 aliphatic heterocycles. The zero-order valence-electron chi connectivity index (χ0n) is 16.5. The van der Waals surface area contributed by atoms with Crippen molar-refractivity contribution >= 4 is 28.9 Å². The van der Waals surface area contributed by atoms with Gasteiger partial charge in [0.15, 0.2) is 0 Å². The van der Waals surface area contributed by atoms with Crippen molar-refractivity contribution < 1.29 is 19.1 Å². The third-order valence-corrected chi connectivity index (χ3v) is 5.37. The third kappa shape index (κ3) is 4.05. The van der Waals surface area contributed by atoms with E-state index in [2.05, 4.69) is 10.2 Å². The van der Waals surface area contributed by atoms with Gasteiger partial charge in [-0.2, -0.15) is 0 Å². The molecular weight excluding hydrogens is 370 g/mol. The highest BCUT2D eigenvalue weighted by atomic mass is 16.5. The number of ether oxygens (including phenoxy) is 2. The molecule has 1 N–H and O–H groups in total. The zero-order valence-corrected chi connectivity index (χ0v) is 16.5. The number of amides is 2. The Bertz CT molecular complexity index is 881. The fraction of sp³-hybridized carbons (Fsp3) is 0.364. The number of carbonyl (C=O) groups is 2. The van der Waals surface area contributed by atoms with Gasteiger partial charge in [-0.05, 0) is 36.8 Å². The largest absolute Gasteiger partial charge is 0.495 e. The molecule has 2 heterocycles. The van der Waals surface area contributed by atoms with E-state index in [4.69, 9.17) is 9.47 Å². The lowest BCUT2D eigenvalue weighted by atomic mass is 10.1. The van der Waals surface area contributed by atoms with Gasteiger partial charge < -0.3 is 19.7 Å². The summed E-state index contributed by atoms with van der Waals surface area (Å²) in [4.78, 5) is 29.3. The van der Waals surface area contributed by atoms with E-state index in [9.17, 15) is 9.59 Å². The Morgan fingerprint density at radius 2 is 1.86 bits per heavy atom. The first-order valence-corrected chi connectivity index (χ1v) is 9.86. The summed E-state index contributed by atoms with van der Waals surface area (Å²) in [5.74, 6) is 0.341. The highest BCUT2D eigenvalue weighted by Gasteiger charge is 2.37. The molecule has 2 fully saturated rings. The fourth-order valence-corrected chi connectivity index (χ4v) is 3.87. The van der Waals surface area contributed by atoms with Gasteiger partial charge >= 0.3 is 0 Å². The normalized spacial score (nSPS) is 19.3. The van der Waals surface area contributed by atoms with Crippen molar-refractivity contribution in [2.45, 2.75) is 18.9 Å². The summed E-state index contributed by atoms with van der Waals surface area (Å²) in [6.07, 6.45) is 0.850. The Kier molecular flexibility index (Phi) is 5.67. The van der Waals surface area contributed by atoms with Crippen LogP contribution in [0.2, 0.25) is 0 Å². The molecule has 7 heteroatoms. The van der Waals surface area contributed by atoms with E-state index in [1.54, 1.807) is 12.0 Å². The quantitative estimate of drug-likeness (QED) is 0.843. The molecule has 0 aromatic heterocycles. The topological polar surface area (TPSA) is 71.1 Å². The van der Waals surface area contributed by atoms with Gasteiger partial charge in [0.05, 0.1) is 26.0 Å². The number of morpholine rings is 1. The molecule has 1 unspecified atom stereocenters. The van der Waals surface area contributed by atoms with Gasteiger partial charge in [0.2, 0.25) is 11.8 Å². The molecule has 2 aromatic rings. The van der Waals surface area contributed by atoms with Gasteiger partial charge in [-0.3, -0.25) is 14.5 Å². The number of nitrogens with one attached hydrogen (secondary N) is 1. The molecule has 0 saturated carbocycles. The maximum Gasteiger partial charge on any atom is 0.247 e. The third-order valence-electron chi connectivity index (χ3n) is 5.37. The molecule has 7 nitrogen and oxygen atoms in total. The van der Waals surface area contributed by atoms with Gasteiger partial charge in [-0.1, -0.05) is 18.2 Å². The van der Waals surface area contributed by atoms with Crippen LogP contribution in [-0.4, -0.2) is 51.3 Å². The second kappa shape index (κ2) is 8.53. The summed E-state index contributed by atoms with van der Waals surface area (Å²) in [6, 6.07) is 14.5. The summed E-state index contributed by atoms with van der Waals surface area (Å²) in [5.41, 5.74) is 2.35. The molecule has 0 aliphatic carbocycles. The van der Waals surface area contributed by atoms with Crippen molar-refractivity contribution in [3.05, 3.63) is 48.5 Å². The molecule has 0 bridgehead atoms. The molecule has 4 rings (SSSR count). The number of hydrogen-bond donors (Lipinski definition) is 1. The van der Waals surface area contributed by atoms with Crippen molar-refractivity contribution in [2.24, 2.45) is 0 Å². The van der Waals surface area contributed by atoms with Gasteiger partial charge in [-0.25, -0.2) is 0 Å². The molecule has 2 amide bonds. The number of benzene rings is 2. The van der Waals surface area contributed by atoms with Crippen LogP contribution in [-0.2, 0) is 14.3 Å². The summed E-state index contributed by atoms with van der Waals surface area (Å²) in [5, 5.41) is 2.99. The predicted octanol–water partition coefficient (Wildman–Crippen LogP) is 2.67. The number of methoxy groups -OCH3 is 1. The molecule has 0 spiro atoms. The first kappa shape index (κ1) is 19.3. The van der Waals surface area contributed by atoms with Crippen molar-refractivity contribution in [3.8, 4) is 5.75 Å². The van der Waals surface area contributed by atoms with Gasteiger partial charge in [0.1, 0.15) is 11.8 Å². The maximum atomic E-state index is 13.1. The highest BCUT2D eigenvalue weighted by Crippen LogP contribution is 2.32. The molecular formula is C22H25N3O4. The Morgan fingerprint density at radius 1 is 1.10 bits per heavy atom. The number of para-hydroxylation sites is 1. The van der Waals surface area contributed by atoms with Crippen LogP contribution in [0.15, 0.2) is 48.5 Å². The molecule has 0 radical (unpaired) electrons. The fourth-order valence-electron chi connectivity index (χ4n) is 3.87. The summed E-state index contributed by atoms with van der Waals surface area (Å²) >= 11 is 0. The van der Waals surface area contributed by atoms with E-state index >= 15 is 0 Å². The second-order valence-corrected chi connectivity index (χ2v) is 7.13. The number of nitrogens with zero attached hydrogens (tertiary/aromatic N) is 2. The van der Waals surface area contributed by atoms with Gasteiger partial charge in [0.25, 0.3) is 0 Å². The Labute approximate surface area is 170 Å². The number of rotatable bonds is 5. The van der Waals surface area contributed by atoms with E-state index < -0.39 is 6.04 Å². The van der Waals surface area contributed by atoms with Crippen LogP contribution < -0.4 is 19.9 Å². The minimum absolute atomic E-state index is 0.0367. The zero-order chi connectivity index (χ0) is 20.2. The number of hydrogen-bond acceptors (Lipinski definition) is 5. The number of anilines is 3. The second-order valence-electron chi connectivity index (χ2n) is 7.13. The van der Waals surface area contributed by atoms with E-state index in [1.807, 2.05) is 48.5 Å². The smallest absolute Gasteiger partial charge is 0.247 e. The van der Waals surface area contributed by atoms with Crippen LogP contribution in [0.25, 0.3) is 0 Å². The monoisotopic (exact) mass is 395 g/mol. The van der Waals surface area contributed by atoms with E-state index in [-0.39, 0.29) is 11.8 Å². The van der Waals surface area contributed by atoms with Gasteiger partial charge in [0, 0.05) is 30.9 Å². The molecule has 2 aliphatic rings. The van der Waals surface area contributed by atoms with Crippen molar-refractivity contribution in [1.82, 2.24) is 0 Å². The first-order chi connectivity index (χ1) is 14.2. The van der Waals surface area contributed by atoms with E-state index in [0.717, 1.165) is 24.5 Å². The van der Waals surface area contributed by atoms with Crippen molar-refractivity contribution in [3.63, 3.8) is 0 Å². The lowest BCUT2D eigenvalue weighted by Gasteiger charge is -2.29. The average molecular weight is 395 g/mol. The highest BCUT2D eigenvalue weighted by molar-refractivity contribution is 6.08. The maximum absolute atomic E-state index is 13.1. The van der Waals surface area contributed by atoms with Crippen LogP contribution in [0.3, 0.4) is 0 Å². The van der Waals surface area contributed by atoms with Gasteiger partial charge in [-0.15, -0.1) is 0 Å². The number of carbonyl (C=O) groups excluding carboxylic acids is 2. The standard InChI is InChI=1S/C22H25N3O4/c1-28-20-9-7-17(24-11-13-29-14-12-24)15-18(20)23-22(27)19-8-10-21(26)25(19)16-5-3-2-4-6-16/h2-7,9,15,19H,8,10-14H2,1H3,(H,23,27). The van der Waals surface area contributed by atoms with Crippen LogP contribution in [0.5, 0.6) is 5.75 Å². The lowest BCUT2D eigenvalue weighted by Crippen LogP contribution is -2.41. The van der Waals surface area contributed by atoms with Crippen molar-refractivity contribution in [1.29, 1.82) is 0 Å². The Morgan fingerprint density at radius 3 is 2.59 bits per heavy atom. The minimum Gasteiger partial charge on any atom is -0.495 e. The van der Waals surface area contributed by atoms with Crippen LogP contribution >= 0.6 is 0 Å². The van der Waals surface area contributed by atoms with Crippen LogP contribution in [0.4, 0.5) is 17.1 Å². The minimum atomic E-state index is -0.540. The SMILES string of the molecule is COc1ccc(N2CCOCC2)cc1NC(=O)C1CCC(=O)N1c1ccccc1. The predicted molar refractivity (Wildman–Crippen MR) is 112 cm³/mol. The molecule has 2 saturated heterocycles. The summed E-state index contributed by atoms with van der Waals surface area (Å²) < 4.78 is 10.9.